The zero-order valence-corrected chi connectivity index (χ0v) is 26.9. The first-order chi connectivity index (χ1) is 24.6. The van der Waals surface area contributed by atoms with Gasteiger partial charge in [0.1, 0.15) is 64.0 Å². The fourth-order valence-electron chi connectivity index (χ4n) is 7.31. The first-order valence-electron chi connectivity index (χ1n) is 16.3. The molecule has 9 heteroatoms. The van der Waals surface area contributed by atoms with Crippen molar-refractivity contribution in [2.45, 2.75) is 24.0 Å². The molecule has 254 valence electrons. The number of phenols is 7. The molecule has 2 heterocycles. The van der Waals surface area contributed by atoms with Crippen LogP contribution in [-0.2, 0) is 0 Å². The molecule has 2 aliphatic heterocycles. The van der Waals surface area contributed by atoms with Gasteiger partial charge in [-0.05, 0) is 94.0 Å². The summed E-state index contributed by atoms with van der Waals surface area (Å²) in [6.45, 7) is 0. The van der Waals surface area contributed by atoms with Crippen molar-refractivity contribution in [3.63, 3.8) is 0 Å². The van der Waals surface area contributed by atoms with Crippen LogP contribution in [0.2, 0.25) is 0 Å². The molecule has 0 spiro atoms. The molecule has 51 heavy (non-hydrogen) atoms. The van der Waals surface area contributed by atoms with Crippen LogP contribution in [0.3, 0.4) is 0 Å². The van der Waals surface area contributed by atoms with Crippen molar-refractivity contribution in [1.29, 1.82) is 0 Å². The Kier molecular flexibility index (Phi) is 7.60. The van der Waals surface area contributed by atoms with E-state index in [-0.39, 0.29) is 40.2 Å². The van der Waals surface area contributed by atoms with Gasteiger partial charge in [0.25, 0.3) is 0 Å². The van der Waals surface area contributed by atoms with Crippen LogP contribution in [0.15, 0.2) is 115 Å². The molecular weight excluding hydrogens is 648 g/mol. The van der Waals surface area contributed by atoms with Crippen molar-refractivity contribution in [2.75, 3.05) is 0 Å². The number of rotatable bonds is 6. The molecule has 0 saturated heterocycles. The van der Waals surface area contributed by atoms with E-state index in [1.807, 2.05) is 18.2 Å². The normalized spacial score (nSPS) is 19.0. The second-order valence-corrected chi connectivity index (χ2v) is 12.8. The standard InChI is InChI=1S/C42H32O9/c43-27-8-1-22(2-9-27)3-14-34-39-35(50-41(23-4-10-28(44)11-5-23)37(39)25-15-30(46)19-31(47)16-25)21-36-40(34)38(26-17-32(48)20-33(49)18-26)42(51-36)24-6-12-29(45)13-7-24/h1-21,37-38,41-49H/b14-3+/t37-,38-,41+,42+/m0/s1. The van der Waals surface area contributed by atoms with Crippen molar-refractivity contribution in [1.82, 2.24) is 0 Å². The molecule has 7 N–H and O–H groups in total. The molecule has 8 rings (SSSR count). The minimum atomic E-state index is -0.652. The van der Waals surface area contributed by atoms with Crippen LogP contribution in [-0.4, -0.2) is 35.7 Å². The number of hydrogen-bond acceptors (Lipinski definition) is 9. The minimum Gasteiger partial charge on any atom is -0.508 e. The molecule has 0 radical (unpaired) electrons. The quantitative estimate of drug-likeness (QED) is 0.0858. The van der Waals surface area contributed by atoms with Crippen LogP contribution in [0.1, 0.15) is 68.6 Å². The molecule has 0 saturated carbocycles. The lowest BCUT2D eigenvalue weighted by Gasteiger charge is -2.24. The predicted octanol–water partition coefficient (Wildman–Crippen LogP) is 8.33. The highest BCUT2D eigenvalue weighted by molar-refractivity contribution is 5.80. The number of hydrogen-bond donors (Lipinski definition) is 7. The van der Waals surface area contributed by atoms with E-state index in [9.17, 15) is 35.7 Å². The maximum absolute atomic E-state index is 10.7. The average molecular weight is 681 g/mol. The SMILES string of the molecule is Oc1ccc(/C=C/c2c3c(cc4c2[C@H](c2cc(O)cc(O)c2)[C@@H](c2ccc(O)cc2)O4)O[C@H](c2ccc(O)cc2)[C@H]3c2cc(O)cc(O)c2)cc1. The first-order valence-corrected chi connectivity index (χ1v) is 16.3. The maximum Gasteiger partial charge on any atom is 0.135 e. The Morgan fingerprint density at radius 2 is 0.745 bits per heavy atom. The monoisotopic (exact) mass is 680 g/mol. The molecule has 0 bridgehead atoms. The molecule has 0 unspecified atom stereocenters. The Bertz CT molecular complexity index is 2120. The molecule has 4 atom stereocenters. The largest absolute Gasteiger partial charge is 0.508 e. The van der Waals surface area contributed by atoms with Crippen LogP contribution in [0.5, 0.6) is 51.7 Å². The third-order valence-corrected chi connectivity index (χ3v) is 9.46. The lowest BCUT2D eigenvalue weighted by atomic mass is 9.77. The van der Waals surface area contributed by atoms with E-state index in [1.54, 1.807) is 97.1 Å². The lowest BCUT2D eigenvalue weighted by molar-refractivity contribution is 0.212. The van der Waals surface area contributed by atoms with Gasteiger partial charge < -0.3 is 45.2 Å². The molecular formula is C42H32O9. The molecule has 6 aromatic rings. The molecule has 0 aliphatic carbocycles. The number of ether oxygens (including phenoxy) is 2. The molecule has 2 aliphatic rings. The summed E-state index contributed by atoms with van der Waals surface area (Å²) in [5.74, 6) is -0.409. The number of fused-ring (bicyclic) bond motifs is 2. The zero-order chi connectivity index (χ0) is 35.4. The molecule has 0 fully saturated rings. The van der Waals surface area contributed by atoms with E-state index in [2.05, 4.69) is 0 Å². The van der Waals surface area contributed by atoms with E-state index in [1.165, 1.54) is 12.1 Å². The first kappa shape index (κ1) is 31.5. The van der Waals surface area contributed by atoms with Crippen LogP contribution >= 0.6 is 0 Å². The van der Waals surface area contributed by atoms with E-state index < -0.39 is 24.0 Å². The Morgan fingerprint density at radius 1 is 0.373 bits per heavy atom. The average Bonchev–Trinajstić information content (AvgIpc) is 3.66. The smallest absolute Gasteiger partial charge is 0.135 e. The second kappa shape index (κ2) is 12.3. The summed E-state index contributed by atoms with van der Waals surface area (Å²) in [4.78, 5) is 0. The highest BCUT2D eigenvalue weighted by Gasteiger charge is 2.45. The van der Waals surface area contributed by atoms with Crippen LogP contribution in [0.4, 0.5) is 0 Å². The van der Waals surface area contributed by atoms with Crippen LogP contribution in [0.25, 0.3) is 12.2 Å². The molecule has 0 aromatic heterocycles. The second-order valence-electron chi connectivity index (χ2n) is 12.8. The third-order valence-electron chi connectivity index (χ3n) is 9.46. The highest BCUT2D eigenvalue weighted by Crippen LogP contribution is 2.60. The van der Waals surface area contributed by atoms with Gasteiger partial charge in [0.05, 0.1) is 11.8 Å². The Hall–Kier alpha value is -6.74. The summed E-state index contributed by atoms with van der Waals surface area (Å²) in [6, 6.07) is 30.7. The summed E-state index contributed by atoms with van der Waals surface area (Å²) in [6.07, 6.45) is 2.52. The summed E-state index contributed by atoms with van der Waals surface area (Å²) in [7, 11) is 0. The van der Waals surface area contributed by atoms with Crippen molar-refractivity contribution in [3.05, 3.63) is 160 Å². The van der Waals surface area contributed by atoms with Crippen LogP contribution in [0, 0.1) is 0 Å². The summed E-state index contributed by atoms with van der Waals surface area (Å²) < 4.78 is 13.5. The van der Waals surface area contributed by atoms with Gasteiger partial charge in [0.2, 0.25) is 0 Å². The van der Waals surface area contributed by atoms with Gasteiger partial charge in [-0.25, -0.2) is 0 Å². The number of phenolic OH excluding ortho intramolecular Hbond substituents is 7. The van der Waals surface area contributed by atoms with Crippen molar-refractivity contribution >= 4 is 12.2 Å². The van der Waals surface area contributed by atoms with Crippen molar-refractivity contribution in [2.24, 2.45) is 0 Å². The van der Waals surface area contributed by atoms with Crippen molar-refractivity contribution in [3.8, 4) is 51.7 Å². The Morgan fingerprint density at radius 3 is 1.14 bits per heavy atom. The summed E-state index contributed by atoms with van der Waals surface area (Å²) in [5.41, 5.74) is 5.59. The zero-order valence-electron chi connectivity index (χ0n) is 26.9. The van der Waals surface area contributed by atoms with Gasteiger partial charge in [-0.3, -0.25) is 0 Å². The molecule has 6 aromatic carbocycles. The van der Waals surface area contributed by atoms with Gasteiger partial charge in [-0.15, -0.1) is 0 Å². The van der Waals surface area contributed by atoms with Gasteiger partial charge in [0, 0.05) is 29.3 Å². The fourth-order valence-corrected chi connectivity index (χ4v) is 7.31. The van der Waals surface area contributed by atoms with Crippen molar-refractivity contribution < 1.29 is 45.2 Å². The maximum atomic E-state index is 10.7. The molecule has 0 amide bonds. The molecule has 9 nitrogen and oxygen atoms in total. The summed E-state index contributed by atoms with van der Waals surface area (Å²) in [5, 5.41) is 72.8. The van der Waals surface area contributed by atoms with E-state index in [4.69, 9.17) is 9.47 Å². The van der Waals surface area contributed by atoms with Gasteiger partial charge >= 0.3 is 0 Å². The number of aromatic hydroxyl groups is 7. The van der Waals surface area contributed by atoms with E-state index in [0.717, 1.165) is 27.8 Å². The van der Waals surface area contributed by atoms with Gasteiger partial charge in [-0.1, -0.05) is 48.6 Å². The predicted molar refractivity (Wildman–Crippen MR) is 190 cm³/mol. The summed E-state index contributed by atoms with van der Waals surface area (Å²) >= 11 is 0. The van der Waals surface area contributed by atoms with E-state index in [0.29, 0.717) is 28.2 Å². The Labute approximate surface area is 292 Å². The minimum absolute atomic E-state index is 0.0863. The topological polar surface area (TPSA) is 160 Å². The highest BCUT2D eigenvalue weighted by atomic mass is 16.5. The third kappa shape index (κ3) is 5.84. The Balaban J connectivity index is 1.42. The fraction of sp³-hybridized carbons (Fsp3) is 0.0952. The van der Waals surface area contributed by atoms with Crippen LogP contribution < -0.4 is 9.47 Å². The number of benzene rings is 6. The van der Waals surface area contributed by atoms with Gasteiger partial charge in [0.15, 0.2) is 0 Å². The van der Waals surface area contributed by atoms with E-state index >= 15 is 0 Å². The lowest BCUT2D eigenvalue weighted by Crippen LogP contribution is -2.14. The van der Waals surface area contributed by atoms with Gasteiger partial charge in [-0.2, -0.15) is 0 Å².